The van der Waals surface area contributed by atoms with Crippen LogP contribution >= 0.6 is 0 Å². The number of ether oxygens (including phenoxy) is 3. The number of halogens is 3. The Bertz CT molecular complexity index is 1390. The van der Waals surface area contributed by atoms with Gasteiger partial charge in [0.1, 0.15) is 23.0 Å². The summed E-state index contributed by atoms with van der Waals surface area (Å²) in [5.41, 5.74) is 2.58. The van der Waals surface area contributed by atoms with Gasteiger partial charge in [-0.05, 0) is 69.2 Å². The predicted molar refractivity (Wildman–Crippen MR) is 138 cm³/mol. The van der Waals surface area contributed by atoms with Gasteiger partial charge in [0.05, 0.1) is 25.4 Å². The van der Waals surface area contributed by atoms with Gasteiger partial charge in [-0.25, -0.2) is 9.78 Å². The Morgan fingerprint density at radius 2 is 1.85 bits per heavy atom. The van der Waals surface area contributed by atoms with E-state index in [0.717, 1.165) is 49.9 Å². The highest BCUT2D eigenvalue weighted by atomic mass is 19.4. The zero-order valence-corrected chi connectivity index (χ0v) is 22.2. The fourth-order valence-electron chi connectivity index (χ4n) is 6.09. The molecule has 1 aromatic carbocycles. The van der Waals surface area contributed by atoms with Crippen LogP contribution in [0.1, 0.15) is 71.7 Å². The number of hydrogen-bond donors (Lipinski definition) is 0. The molecule has 0 N–H and O–H groups in total. The Morgan fingerprint density at radius 1 is 1.12 bits per heavy atom. The first-order valence-corrected chi connectivity index (χ1v) is 13.5. The fourth-order valence-corrected chi connectivity index (χ4v) is 6.09. The number of methoxy groups -OCH3 is 1. The number of piperidine rings is 1. The number of nitrogens with zero attached hydrogens (tertiary/aromatic N) is 3. The van der Waals surface area contributed by atoms with Crippen LogP contribution in [0.2, 0.25) is 0 Å². The Hall–Kier alpha value is -3.60. The Labute approximate surface area is 229 Å². The Morgan fingerprint density at radius 3 is 2.50 bits per heavy atom. The van der Waals surface area contributed by atoms with Crippen LogP contribution < -0.4 is 9.64 Å². The molecule has 212 valence electrons. The van der Waals surface area contributed by atoms with Crippen LogP contribution in [0.4, 0.5) is 19.0 Å². The molecule has 2 aromatic heterocycles. The standard InChI is InChI=1S/C29H30F3N3O5/c1-16-11-18(28(36)37-2)14-33-27(16)35-19-9-10-20(35)13-21(12-19)38-15-23-25(34-40-26(23)17-7-8-17)22-5-3-4-6-24(22)39-29(30,31)32/h3-6,11,14,17,19-21H,7-10,12-13,15H2,1-2H3/t19-,20+,21+. The van der Waals surface area contributed by atoms with Crippen molar-refractivity contribution in [3.63, 3.8) is 0 Å². The molecule has 3 aromatic rings. The van der Waals surface area contributed by atoms with Gasteiger partial charge in [0.15, 0.2) is 0 Å². The molecule has 0 amide bonds. The van der Waals surface area contributed by atoms with Gasteiger partial charge in [0.25, 0.3) is 0 Å². The third-order valence-corrected chi connectivity index (χ3v) is 8.00. The summed E-state index contributed by atoms with van der Waals surface area (Å²) < 4.78 is 60.5. The number of pyridine rings is 1. The lowest BCUT2D eigenvalue weighted by Crippen LogP contribution is -2.46. The lowest BCUT2D eigenvalue weighted by Gasteiger charge is -2.40. The number of carbonyl (C=O) groups excluding carboxylic acids is 1. The third kappa shape index (κ3) is 5.26. The van der Waals surface area contributed by atoms with E-state index in [9.17, 15) is 18.0 Å². The van der Waals surface area contributed by atoms with Crippen LogP contribution in [0, 0.1) is 6.92 Å². The summed E-state index contributed by atoms with van der Waals surface area (Å²) in [4.78, 5) is 18.9. The minimum absolute atomic E-state index is 0.0279. The average Bonchev–Trinajstić information content (AvgIpc) is 3.63. The van der Waals surface area contributed by atoms with Crippen LogP contribution in [0.5, 0.6) is 5.75 Å². The maximum atomic E-state index is 13.1. The van der Waals surface area contributed by atoms with E-state index in [-0.39, 0.29) is 42.0 Å². The van der Waals surface area contributed by atoms with Gasteiger partial charge in [-0.2, -0.15) is 0 Å². The number of para-hydroxylation sites is 1. The molecular weight excluding hydrogens is 527 g/mol. The first kappa shape index (κ1) is 26.6. The van der Waals surface area contributed by atoms with E-state index in [0.29, 0.717) is 22.6 Å². The van der Waals surface area contributed by atoms with Gasteiger partial charge in [-0.3, -0.25) is 0 Å². The first-order chi connectivity index (χ1) is 19.2. The third-order valence-electron chi connectivity index (χ3n) is 8.00. The van der Waals surface area contributed by atoms with Crippen molar-refractivity contribution < 1.29 is 36.7 Å². The number of aromatic nitrogens is 2. The van der Waals surface area contributed by atoms with E-state index in [1.807, 2.05) is 13.0 Å². The van der Waals surface area contributed by atoms with Crippen molar-refractivity contribution in [3.8, 4) is 17.0 Å². The maximum absolute atomic E-state index is 13.1. The normalized spacial score (nSPS) is 22.4. The molecule has 4 heterocycles. The minimum Gasteiger partial charge on any atom is -0.465 e. The van der Waals surface area contributed by atoms with Crippen LogP contribution in [0.25, 0.3) is 11.3 Å². The molecule has 1 saturated carbocycles. The number of rotatable bonds is 8. The highest BCUT2D eigenvalue weighted by molar-refractivity contribution is 5.89. The molecular formula is C29H30F3N3O5. The number of carbonyl (C=O) groups is 1. The molecule has 0 unspecified atom stereocenters. The molecule has 11 heteroatoms. The quantitative estimate of drug-likeness (QED) is 0.297. The SMILES string of the molecule is COC(=O)c1cnc(N2[C@@H]3CC[C@H]2C[C@@H](OCc2c(-c4ccccc4OC(F)(F)F)noc2C2CC2)C3)c(C)c1. The van der Waals surface area contributed by atoms with E-state index in [2.05, 4.69) is 19.8 Å². The van der Waals surface area contributed by atoms with E-state index in [1.165, 1.54) is 19.2 Å². The summed E-state index contributed by atoms with van der Waals surface area (Å²) in [5.74, 6) is 1.03. The minimum atomic E-state index is -4.82. The van der Waals surface area contributed by atoms with E-state index in [4.69, 9.17) is 14.0 Å². The van der Waals surface area contributed by atoms with Gasteiger partial charge in [0.2, 0.25) is 0 Å². The summed E-state index contributed by atoms with van der Waals surface area (Å²) in [5, 5.41) is 4.18. The van der Waals surface area contributed by atoms with Crippen molar-refractivity contribution in [2.75, 3.05) is 12.0 Å². The monoisotopic (exact) mass is 557 g/mol. The molecule has 2 aliphatic heterocycles. The molecule has 0 spiro atoms. The lowest BCUT2D eigenvalue weighted by atomic mass is 9.98. The summed E-state index contributed by atoms with van der Waals surface area (Å²) in [7, 11) is 1.35. The molecule has 8 nitrogen and oxygen atoms in total. The molecule has 2 bridgehead atoms. The number of aryl methyl sites for hydroxylation is 1. The number of fused-ring (bicyclic) bond motifs is 2. The maximum Gasteiger partial charge on any atom is 0.573 e. The smallest absolute Gasteiger partial charge is 0.465 e. The van der Waals surface area contributed by atoms with Gasteiger partial charge in [0, 0.05) is 35.3 Å². The van der Waals surface area contributed by atoms with Crippen LogP contribution in [0.15, 0.2) is 41.1 Å². The van der Waals surface area contributed by atoms with Crippen LogP contribution in [-0.4, -0.2) is 47.8 Å². The topological polar surface area (TPSA) is 86.9 Å². The van der Waals surface area contributed by atoms with Crippen LogP contribution in [-0.2, 0) is 16.1 Å². The van der Waals surface area contributed by atoms with Gasteiger partial charge < -0.3 is 23.6 Å². The Kier molecular flexibility index (Phi) is 6.93. The number of benzene rings is 1. The molecule has 3 atom stereocenters. The lowest BCUT2D eigenvalue weighted by molar-refractivity contribution is -0.274. The second kappa shape index (κ2) is 10.4. The number of alkyl halides is 3. The zero-order valence-electron chi connectivity index (χ0n) is 22.2. The molecule has 2 saturated heterocycles. The highest BCUT2D eigenvalue weighted by Crippen LogP contribution is 2.46. The molecule has 1 aliphatic carbocycles. The number of esters is 1. The van der Waals surface area contributed by atoms with Gasteiger partial charge in [-0.15, -0.1) is 13.2 Å². The number of anilines is 1. The van der Waals surface area contributed by atoms with Crippen molar-refractivity contribution in [2.45, 2.75) is 82.5 Å². The highest BCUT2D eigenvalue weighted by Gasteiger charge is 2.43. The van der Waals surface area contributed by atoms with Crippen LogP contribution in [0.3, 0.4) is 0 Å². The molecule has 3 fully saturated rings. The van der Waals surface area contributed by atoms with Crippen molar-refractivity contribution in [2.24, 2.45) is 0 Å². The summed E-state index contributed by atoms with van der Waals surface area (Å²) in [6.07, 6.45) is 2.22. The second-order valence-corrected chi connectivity index (χ2v) is 10.7. The summed E-state index contributed by atoms with van der Waals surface area (Å²) in [6.45, 7) is 2.14. The van der Waals surface area contributed by atoms with Crippen molar-refractivity contribution >= 4 is 11.8 Å². The summed E-state index contributed by atoms with van der Waals surface area (Å²) >= 11 is 0. The predicted octanol–water partition coefficient (Wildman–Crippen LogP) is 6.32. The van der Waals surface area contributed by atoms with Crippen molar-refractivity contribution in [1.29, 1.82) is 0 Å². The van der Waals surface area contributed by atoms with E-state index in [1.54, 1.807) is 18.3 Å². The fraction of sp³-hybridized carbons (Fsp3) is 0.483. The van der Waals surface area contributed by atoms with E-state index < -0.39 is 12.3 Å². The zero-order chi connectivity index (χ0) is 28.0. The second-order valence-electron chi connectivity index (χ2n) is 10.7. The molecule has 40 heavy (non-hydrogen) atoms. The Balaban J connectivity index is 1.19. The van der Waals surface area contributed by atoms with Gasteiger partial charge in [-0.1, -0.05) is 17.3 Å². The number of hydrogen-bond acceptors (Lipinski definition) is 8. The average molecular weight is 558 g/mol. The van der Waals surface area contributed by atoms with Gasteiger partial charge >= 0.3 is 12.3 Å². The van der Waals surface area contributed by atoms with Crippen molar-refractivity contribution in [1.82, 2.24) is 10.1 Å². The summed E-state index contributed by atoms with van der Waals surface area (Å²) in [6, 6.07) is 8.26. The van der Waals surface area contributed by atoms with E-state index >= 15 is 0 Å². The molecule has 3 aliphatic rings. The van der Waals surface area contributed by atoms with Crippen molar-refractivity contribution in [3.05, 3.63) is 59.0 Å². The molecule has 6 rings (SSSR count). The largest absolute Gasteiger partial charge is 0.573 e. The molecule has 0 radical (unpaired) electrons. The first-order valence-electron chi connectivity index (χ1n) is 13.5.